The van der Waals surface area contributed by atoms with E-state index in [9.17, 15) is 0 Å². The number of rotatable bonds is 7. The van der Waals surface area contributed by atoms with Crippen molar-refractivity contribution in [1.29, 1.82) is 0 Å². The van der Waals surface area contributed by atoms with Crippen LogP contribution in [0.4, 0.5) is 5.69 Å². The van der Waals surface area contributed by atoms with E-state index in [4.69, 9.17) is 0 Å². The van der Waals surface area contributed by atoms with Crippen molar-refractivity contribution in [2.75, 3.05) is 6.54 Å². The lowest BCUT2D eigenvalue weighted by Crippen LogP contribution is -1.86. The van der Waals surface area contributed by atoms with E-state index in [0.29, 0.717) is 0 Å². The van der Waals surface area contributed by atoms with Crippen LogP contribution in [-0.4, -0.2) is 11.5 Å². The average molecular weight is 291 g/mol. The molecule has 0 atom stereocenters. The molecule has 0 unspecified atom stereocenters. The van der Waals surface area contributed by atoms with Gasteiger partial charge in [-0.05, 0) is 30.9 Å². The van der Waals surface area contributed by atoms with E-state index < -0.39 is 0 Å². The molecule has 0 fully saturated rings. The van der Waals surface area contributed by atoms with E-state index >= 15 is 0 Å². The van der Waals surface area contributed by atoms with Gasteiger partial charge in [-0.15, -0.1) is 0 Å². The molecule has 3 rings (SSSR count). The number of fused-ring (bicyclic) bond motifs is 1. The molecule has 0 bridgehead atoms. The van der Waals surface area contributed by atoms with Crippen molar-refractivity contribution in [2.24, 2.45) is 10.2 Å². The molecule has 3 nitrogen and oxygen atoms in total. The Hall–Kier alpha value is -2.42. The molecule has 2 aromatic carbocycles. The molecule has 0 radical (unpaired) electrons. The van der Waals surface area contributed by atoms with Gasteiger partial charge in [0.25, 0.3) is 0 Å². The lowest BCUT2D eigenvalue weighted by Gasteiger charge is -1.99. The first-order valence-corrected chi connectivity index (χ1v) is 7.91. The Morgan fingerprint density at radius 1 is 0.818 bits per heavy atom. The first kappa shape index (κ1) is 14.5. The van der Waals surface area contributed by atoms with Gasteiger partial charge in [0.2, 0.25) is 0 Å². The first-order valence-electron chi connectivity index (χ1n) is 7.91. The molecule has 22 heavy (non-hydrogen) atoms. The second-order valence-electron chi connectivity index (χ2n) is 5.48. The fourth-order valence-electron chi connectivity index (χ4n) is 2.60. The predicted molar refractivity (Wildman–Crippen MR) is 91.7 cm³/mol. The van der Waals surface area contributed by atoms with Gasteiger partial charge in [0.1, 0.15) is 5.69 Å². The summed E-state index contributed by atoms with van der Waals surface area (Å²) in [6.45, 7) is 0.800. The average Bonchev–Trinajstić information content (AvgIpc) is 2.98. The van der Waals surface area contributed by atoms with Crippen LogP contribution in [0.25, 0.3) is 10.9 Å². The van der Waals surface area contributed by atoms with Crippen LogP contribution in [0.1, 0.15) is 24.8 Å². The summed E-state index contributed by atoms with van der Waals surface area (Å²) in [5.74, 6) is 0. The van der Waals surface area contributed by atoms with Gasteiger partial charge in [0.05, 0.1) is 6.54 Å². The van der Waals surface area contributed by atoms with E-state index in [0.717, 1.165) is 36.0 Å². The van der Waals surface area contributed by atoms with E-state index in [1.807, 2.05) is 18.3 Å². The summed E-state index contributed by atoms with van der Waals surface area (Å²) >= 11 is 0. The van der Waals surface area contributed by atoms with E-state index in [-0.39, 0.29) is 0 Å². The zero-order valence-corrected chi connectivity index (χ0v) is 12.7. The molecule has 1 aromatic heterocycles. The Labute approximate surface area is 131 Å². The molecular formula is C19H21N3. The van der Waals surface area contributed by atoms with Gasteiger partial charge < -0.3 is 4.98 Å². The maximum atomic E-state index is 4.34. The summed E-state index contributed by atoms with van der Waals surface area (Å²) in [5.41, 5.74) is 3.46. The monoisotopic (exact) mass is 291 g/mol. The second kappa shape index (κ2) is 7.55. The van der Waals surface area contributed by atoms with Crippen LogP contribution in [0.3, 0.4) is 0 Å². The summed E-state index contributed by atoms with van der Waals surface area (Å²) in [4.78, 5) is 3.21. The second-order valence-corrected chi connectivity index (χ2v) is 5.48. The Morgan fingerprint density at radius 3 is 2.55 bits per heavy atom. The number of hydrogen-bond donors (Lipinski definition) is 1. The van der Waals surface area contributed by atoms with Gasteiger partial charge in [0, 0.05) is 17.1 Å². The minimum absolute atomic E-state index is 0.800. The highest BCUT2D eigenvalue weighted by Gasteiger charge is 2.00. The molecule has 3 heteroatoms. The van der Waals surface area contributed by atoms with Crippen LogP contribution < -0.4 is 0 Å². The minimum Gasteiger partial charge on any atom is -0.359 e. The highest BCUT2D eigenvalue weighted by Crippen LogP contribution is 2.25. The number of nitrogens with one attached hydrogen (secondary N) is 1. The number of aromatic amines is 1. The summed E-state index contributed by atoms with van der Waals surface area (Å²) in [5, 5.41) is 9.79. The molecule has 1 N–H and O–H groups in total. The zero-order chi connectivity index (χ0) is 15.0. The van der Waals surface area contributed by atoms with Crippen LogP contribution in [0.2, 0.25) is 0 Å². The molecular weight excluding hydrogens is 270 g/mol. The van der Waals surface area contributed by atoms with Crippen LogP contribution in [-0.2, 0) is 6.42 Å². The number of hydrogen-bond acceptors (Lipinski definition) is 2. The smallest absolute Gasteiger partial charge is 0.110 e. The fraction of sp³-hybridized carbons (Fsp3) is 0.263. The molecule has 0 aliphatic carbocycles. The topological polar surface area (TPSA) is 40.5 Å². The highest BCUT2D eigenvalue weighted by atomic mass is 15.1. The number of azo groups is 1. The maximum absolute atomic E-state index is 4.34. The number of nitrogens with zero attached hydrogens (tertiary/aromatic N) is 2. The summed E-state index contributed by atoms with van der Waals surface area (Å²) in [6.07, 6.45) is 6.58. The minimum atomic E-state index is 0.800. The Bertz CT molecular complexity index is 729. The van der Waals surface area contributed by atoms with Crippen molar-refractivity contribution in [2.45, 2.75) is 25.7 Å². The standard InChI is InChI=1S/C19H21N3/c1-3-9-16(10-4-1)11-5-2-8-14-21-22-19-15-20-18-13-7-6-12-17(18)19/h1,3-4,6-7,9-10,12-13,15,20H,2,5,8,11,14H2/b22-21-. The summed E-state index contributed by atoms with van der Waals surface area (Å²) in [7, 11) is 0. The van der Waals surface area contributed by atoms with Crippen molar-refractivity contribution in [3.63, 3.8) is 0 Å². The summed E-state index contributed by atoms with van der Waals surface area (Å²) < 4.78 is 0. The number of aryl methyl sites for hydroxylation is 1. The molecule has 0 aliphatic heterocycles. The van der Waals surface area contributed by atoms with Crippen LogP contribution in [0.5, 0.6) is 0 Å². The van der Waals surface area contributed by atoms with Gasteiger partial charge in [-0.25, -0.2) is 0 Å². The van der Waals surface area contributed by atoms with Crippen molar-refractivity contribution in [3.05, 3.63) is 66.4 Å². The van der Waals surface area contributed by atoms with Gasteiger partial charge >= 0.3 is 0 Å². The molecule has 1 heterocycles. The Balaban J connectivity index is 1.40. The molecule has 0 saturated heterocycles. The molecule has 0 saturated carbocycles. The number of aromatic nitrogens is 1. The van der Waals surface area contributed by atoms with Crippen molar-refractivity contribution >= 4 is 16.6 Å². The fourth-order valence-corrected chi connectivity index (χ4v) is 2.60. The summed E-state index contributed by atoms with van der Waals surface area (Å²) in [6, 6.07) is 18.8. The van der Waals surface area contributed by atoms with Crippen molar-refractivity contribution in [1.82, 2.24) is 4.98 Å². The third-order valence-corrected chi connectivity index (χ3v) is 3.81. The third-order valence-electron chi connectivity index (χ3n) is 3.81. The largest absolute Gasteiger partial charge is 0.359 e. The van der Waals surface area contributed by atoms with Gasteiger partial charge in [-0.2, -0.15) is 10.2 Å². The lowest BCUT2D eigenvalue weighted by molar-refractivity contribution is 0.677. The normalized spacial score (nSPS) is 11.5. The number of H-pyrrole nitrogens is 1. The van der Waals surface area contributed by atoms with E-state index in [1.54, 1.807) is 0 Å². The third kappa shape index (κ3) is 3.82. The molecule has 0 spiro atoms. The number of benzene rings is 2. The van der Waals surface area contributed by atoms with Crippen molar-refractivity contribution in [3.8, 4) is 0 Å². The van der Waals surface area contributed by atoms with E-state index in [2.05, 4.69) is 57.7 Å². The van der Waals surface area contributed by atoms with Gasteiger partial charge in [-0.1, -0.05) is 55.0 Å². The number of para-hydroxylation sites is 1. The van der Waals surface area contributed by atoms with Gasteiger partial charge in [0.15, 0.2) is 0 Å². The highest BCUT2D eigenvalue weighted by molar-refractivity contribution is 5.90. The molecule has 0 aliphatic rings. The van der Waals surface area contributed by atoms with Gasteiger partial charge in [-0.3, -0.25) is 0 Å². The van der Waals surface area contributed by atoms with Crippen molar-refractivity contribution < 1.29 is 0 Å². The molecule has 0 amide bonds. The Kier molecular flexibility index (Phi) is 4.98. The maximum Gasteiger partial charge on any atom is 0.110 e. The lowest BCUT2D eigenvalue weighted by atomic mass is 10.1. The van der Waals surface area contributed by atoms with Crippen LogP contribution >= 0.6 is 0 Å². The van der Waals surface area contributed by atoms with Crippen LogP contribution in [0.15, 0.2) is 71.0 Å². The first-order chi connectivity index (χ1) is 10.9. The molecule has 112 valence electrons. The number of unbranched alkanes of at least 4 members (excludes halogenated alkanes) is 2. The SMILES string of the molecule is c1ccc(CCCCC/N=N\c2c[nH]c3ccccc23)cc1. The molecule has 3 aromatic rings. The predicted octanol–water partition coefficient (Wildman–Crippen LogP) is 5.66. The zero-order valence-electron chi connectivity index (χ0n) is 12.7. The van der Waals surface area contributed by atoms with Crippen LogP contribution in [0, 0.1) is 0 Å². The van der Waals surface area contributed by atoms with E-state index in [1.165, 1.54) is 18.4 Å². The Morgan fingerprint density at radius 2 is 1.64 bits per heavy atom. The quantitative estimate of drug-likeness (QED) is 0.431.